The van der Waals surface area contributed by atoms with E-state index in [1.807, 2.05) is 24.3 Å². The van der Waals surface area contributed by atoms with Crippen LogP contribution in [0.5, 0.6) is 11.5 Å². The summed E-state index contributed by atoms with van der Waals surface area (Å²) in [6, 6.07) is 16.1. The minimum Gasteiger partial charge on any atom is -0.497 e. The third-order valence-electron chi connectivity index (χ3n) is 4.47. The Bertz CT molecular complexity index is 981. The number of carbonyl (C=O) groups is 2. The molecule has 6 nitrogen and oxygen atoms in total. The molecular weight excluding hydrogens is 388 g/mol. The van der Waals surface area contributed by atoms with Crippen LogP contribution in [0.1, 0.15) is 20.8 Å². The van der Waals surface area contributed by atoms with Crippen molar-refractivity contribution in [3.8, 4) is 11.5 Å². The second-order valence-electron chi connectivity index (χ2n) is 6.22. The Morgan fingerprint density at radius 2 is 1.52 bits per heavy atom. The minimum absolute atomic E-state index is 0.151. The number of ether oxygens (including phenoxy) is 2. The van der Waals surface area contributed by atoms with E-state index in [1.165, 1.54) is 11.3 Å². The summed E-state index contributed by atoms with van der Waals surface area (Å²) in [4.78, 5) is 27.7. The van der Waals surface area contributed by atoms with Gasteiger partial charge in [0, 0.05) is 5.56 Å². The molecule has 0 saturated carbocycles. The molecule has 1 amide bonds. The van der Waals surface area contributed by atoms with Crippen molar-refractivity contribution in [2.24, 2.45) is 5.73 Å². The molecule has 0 bridgehead atoms. The standard InChI is InChI=1S/C22H22N2O4S/c1-27-17-7-3-15(4-8-17)14-24(20(25)13-23)19-11-12-29-22(19)21(26)16-5-9-18(28-2)10-6-16/h3-12H,13-14,23H2,1-2H3. The van der Waals surface area contributed by atoms with Gasteiger partial charge in [-0.2, -0.15) is 0 Å². The first-order valence-electron chi connectivity index (χ1n) is 8.97. The van der Waals surface area contributed by atoms with Crippen LogP contribution in [0.4, 0.5) is 5.69 Å². The van der Waals surface area contributed by atoms with Gasteiger partial charge in [0.15, 0.2) is 0 Å². The molecule has 0 aliphatic rings. The molecule has 0 spiro atoms. The lowest BCUT2D eigenvalue weighted by Crippen LogP contribution is -2.36. The summed E-state index contributed by atoms with van der Waals surface area (Å²) in [6.07, 6.45) is 0. The van der Waals surface area contributed by atoms with Crippen molar-refractivity contribution in [3.63, 3.8) is 0 Å². The number of carbonyl (C=O) groups excluding carboxylic acids is 2. The summed E-state index contributed by atoms with van der Waals surface area (Å²) in [5.41, 5.74) is 7.63. The zero-order valence-electron chi connectivity index (χ0n) is 16.3. The number of ketones is 1. The van der Waals surface area contributed by atoms with Crippen LogP contribution in [0.2, 0.25) is 0 Å². The van der Waals surface area contributed by atoms with Crippen molar-refractivity contribution in [3.05, 3.63) is 76.0 Å². The number of hydrogen-bond acceptors (Lipinski definition) is 6. The molecule has 150 valence electrons. The van der Waals surface area contributed by atoms with Crippen LogP contribution in [-0.2, 0) is 11.3 Å². The Balaban J connectivity index is 1.91. The average Bonchev–Trinajstić information content (AvgIpc) is 3.26. The topological polar surface area (TPSA) is 81.9 Å². The minimum atomic E-state index is -0.261. The second kappa shape index (κ2) is 9.36. The third-order valence-corrected chi connectivity index (χ3v) is 5.37. The number of benzene rings is 2. The zero-order valence-corrected chi connectivity index (χ0v) is 17.1. The molecule has 2 aromatic carbocycles. The van der Waals surface area contributed by atoms with Crippen LogP contribution in [0.15, 0.2) is 60.0 Å². The monoisotopic (exact) mass is 410 g/mol. The van der Waals surface area contributed by atoms with Gasteiger partial charge in [0.25, 0.3) is 0 Å². The van der Waals surface area contributed by atoms with Gasteiger partial charge >= 0.3 is 0 Å². The van der Waals surface area contributed by atoms with Gasteiger partial charge in [-0.25, -0.2) is 0 Å². The maximum Gasteiger partial charge on any atom is 0.241 e. The molecule has 0 aliphatic carbocycles. The van der Waals surface area contributed by atoms with Crippen molar-refractivity contribution < 1.29 is 19.1 Å². The first kappa shape index (κ1) is 20.6. The number of amides is 1. The maximum absolute atomic E-state index is 13.1. The molecule has 3 aromatic rings. The van der Waals surface area contributed by atoms with E-state index < -0.39 is 0 Å². The Morgan fingerprint density at radius 1 is 0.931 bits per heavy atom. The molecule has 1 aromatic heterocycles. The van der Waals surface area contributed by atoms with Crippen molar-refractivity contribution >= 4 is 28.7 Å². The van der Waals surface area contributed by atoms with Gasteiger partial charge in [-0.3, -0.25) is 9.59 Å². The summed E-state index contributed by atoms with van der Waals surface area (Å²) in [6.45, 7) is 0.155. The maximum atomic E-state index is 13.1. The number of anilines is 1. The molecule has 0 radical (unpaired) electrons. The molecule has 0 aliphatic heterocycles. The average molecular weight is 410 g/mol. The number of hydrogen-bond donors (Lipinski definition) is 1. The fourth-order valence-electron chi connectivity index (χ4n) is 2.89. The number of rotatable bonds is 8. The Kier molecular flexibility index (Phi) is 6.64. The van der Waals surface area contributed by atoms with Crippen LogP contribution in [0.25, 0.3) is 0 Å². The van der Waals surface area contributed by atoms with Gasteiger partial charge in [-0.1, -0.05) is 12.1 Å². The van der Waals surface area contributed by atoms with Crippen LogP contribution >= 0.6 is 11.3 Å². The molecule has 0 unspecified atom stereocenters. The largest absolute Gasteiger partial charge is 0.497 e. The lowest BCUT2D eigenvalue weighted by molar-refractivity contribution is -0.117. The summed E-state index contributed by atoms with van der Waals surface area (Å²) >= 11 is 1.30. The Labute approximate surface area is 173 Å². The van der Waals surface area contributed by atoms with Crippen molar-refractivity contribution in [1.82, 2.24) is 0 Å². The van der Waals surface area contributed by atoms with Crippen LogP contribution < -0.4 is 20.1 Å². The molecule has 3 rings (SSSR count). The molecule has 2 N–H and O–H groups in total. The molecule has 0 atom stereocenters. The fourth-order valence-corrected chi connectivity index (χ4v) is 3.75. The molecule has 1 heterocycles. The van der Waals surface area contributed by atoms with Gasteiger partial charge in [-0.15, -0.1) is 11.3 Å². The van der Waals surface area contributed by atoms with Gasteiger partial charge in [0.1, 0.15) is 11.5 Å². The Hall–Kier alpha value is -3.16. The highest BCUT2D eigenvalue weighted by Gasteiger charge is 2.23. The van der Waals surface area contributed by atoms with Crippen molar-refractivity contribution in [2.45, 2.75) is 6.54 Å². The van der Waals surface area contributed by atoms with E-state index >= 15 is 0 Å². The Morgan fingerprint density at radius 3 is 2.07 bits per heavy atom. The van der Waals surface area contributed by atoms with E-state index in [1.54, 1.807) is 54.8 Å². The highest BCUT2D eigenvalue weighted by atomic mass is 32.1. The fraction of sp³-hybridized carbons (Fsp3) is 0.182. The lowest BCUT2D eigenvalue weighted by Gasteiger charge is -2.22. The second-order valence-corrected chi connectivity index (χ2v) is 7.14. The highest BCUT2D eigenvalue weighted by molar-refractivity contribution is 7.13. The lowest BCUT2D eigenvalue weighted by atomic mass is 10.1. The summed E-state index contributed by atoms with van der Waals surface area (Å²) in [7, 11) is 3.17. The first-order chi connectivity index (χ1) is 14.1. The first-order valence-corrected chi connectivity index (χ1v) is 9.85. The van der Waals surface area contributed by atoms with Gasteiger partial charge in [-0.05, 0) is 53.4 Å². The van der Waals surface area contributed by atoms with Gasteiger partial charge < -0.3 is 20.1 Å². The summed E-state index contributed by atoms with van der Waals surface area (Å²) < 4.78 is 10.3. The van der Waals surface area contributed by atoms with E-state index in [4.69, 9.17) is 15.2 Å². The van der Waals surface area contributed by atoms with E-state index in [0.29, 0.717) is 28.4 Å². The van der Waals surface area contributed by atoms with E-state index in [0.717, 1.165) is 11.3 Å². The van der Waals surface area contributed by atoms with Crippen LogP contribution in [0, 0.1) is 0 Å². The normalized spacial score (nSPS) is 10.4. The molecule has 0 fully saturated rings. The number of methoxy groups -OCH3 is 2. The predicted octanol–water partition coefficient (Wildman–Crippen LogP) is 3.49. The van der Waals surface area contributed by atoms with E-state index in [-0.39, 0.29) is 18.2 Å². The summed E-state index contributed by atoms with van der Waals surface area (Å²) in [5, 5.41) is 1.80. The van der Waals surface area contributed by atoms with Crippen LogP contribution in [0.3, 0.4) is 0 Å². The highest BCUT2D eigenvalue weighted by Crippen LogP contribution is 2.31. The number of nitrogens with two attached hydrogens (primary N) is 1. The third kappa shape index (κ3) is 4.64. The number of nitrogens with zero attached hydrogens (tertiary/aromatic N) is 1. The van der Waals surface area contributed by atoms with Crippen molar-refractivity contribution in [1.29, 1.82) is 0 Å². The van der Waals surface area contributed by atoms with E-state index in [9.17, 15) is 9.59 Å². The van der Waals surface area contributed by atoms with Crippen LogP contribution in [-0.4, -0.2) is 32.5 Å². The van der Waals surface area contributed by atoms with Gasteiger partial charge in [0.2, 0.25) is 11.7 Å². The van der Waals surface area contributed by atoms with Crippen molar-refractivity contribution in [2.75, 3.05) is 25.7 Å². The van der Waals surface area contributed by atoms with E-state index in [2.05, 4.69) is 0 Å². The predicted molar refractivity (Wildman–Crippen MR) is 114 cm³/mol. The molecule has 29 heavy (non-hydrogen) atoms. The molecule has 7 heteroatoms. The summed E-state index contributed by atoms with van der Waals surface area (Å²) in [5.74, 6) is 0.994. The van der Waals surface area contributed by atoms with Gasteiger partial charge in [0.05, 0.1) is 37.9 Å². The zero-order chi connectivity index (χ0) is 20.8. The quantitative estimate of drug-likeness (QED) is 0.575. The number of thiophene rings is 1. The smallest absolute Gasteiger partial charge is 0.241 e. The molecular formula is C22H22N2O4S. The molecule has 0 saturated heterocycles. The SMILES string of the molecule is COc1ccc(CN(C(=O)CN)c2ccsc2C(=O)c2ccc(OC)cc2)cc1.